The third-order valence-corrected chi connectivity index (χ3v) is 18.4. The number of allylic oxidation sites excluding steroid dienone is 5. The van der Waals surface area contributed by atoms with E-state index in [1.54, 1.807) is 13.0 Å². The van der Waals surface area contributed by atoms with Gasteiger partial charge in [-0.15, -0.1) is 0 Å². The molecular weight excluding hydrogens is 760 g/mol. The molecule has 14 heteroatoms. The number of nitrogens with zero attached hydrogens (tertiary/aromatic N) is 3. The summed E-state index contributed by atoms with van der Waals surface area (Å²) >= 11 is 6.53. The number of amides is 1. The number of piperazine rings is 1. The Balaban J connectivity index is 1.13. The first-order valence-electron chi connectivity index (χ1n) is 20.2. The molecule has 1 aromatic rings. The normalized spacial score (nSPS) is 38.6. The molecule has 11 nitrogen and oxygen atoms in total. The van der Waals surface area contributed by atoms with E-state index in [0.29, 0.717) is 42.7 Å². The molecule has 1 amide bonds. The number of benzene rings is 1. The van der Waals surface area contributed by atoms with Crippen LogP contribution in [0.5, 0.6) is 5.75 Å². The van der Waals surface area contributed by atoms with Gasteiger partial charge in [-0.3, -0.25) is 14.6 Å². The molecule has 7 aliphatic rings. The number of fused-ring (bicyclic) bond motifs is 4. The minimum atomic E-state index is -3.98. The summed E-state index contributed by atoms with van der Waals surface area (Å²) < 4.78 is 66.9. The topological polar surface area (TPSA) is 126 Å². The number of halogens is 1. The number of carbonyl (C=O) groups is 1. The van der Waals surface area contributed by atoms with Gasteiger partial charge in [0.2, 0.25) is 10.0 Å². The van der Waals surface area contributed by atoms with Crippen LogP contribution in [0.1, 0.15) is 62.7 Å². The van der Waals surface area contributed by atoms with Crippen LogP contribution in [0.4, 0.5) is 5.69 Å². The maximum Gasteiger partial charge on any atom is 0.264 e. The fourth-order valence-corrected chi connectivity index (χ4v) is 13.7. The smallest absolute Gasteiger partial charge is 0.264 e. The highest BCUT2D eigenvalue weighted by molar-refractivity contribution is 7.92. The molecular formula is C41H57ClN4O7S2. The molecule has 1 N–H and O–H groups in total. The van der Waals surface area contributed by atoms with Crippen molar-refractivity contribution < 1.29 is 31.1 Å². The zero-order valence-corrected chi connectivity index (χ0v) is 34.8. The van der Waals surface area contributed by atoms with E-state index in [4.69, 9.17) is 21.1 Å². The van der Waals surface area contributed by atoms with E-state index < -0.39 is 36.6 Å². The zero-order chi connectivity index (χ0) is 38.8. The number of methoxy groups -OCH3 is 1. The van der Waals surface area contributed by atoms with Crippen LogP contribution in [0.15, 0.2) is 53.6 Å². The maximum atomic E-state index is 13.7. The lowest BCUT2D eigenvalue weighted by Crippen LogP contribution is -2.62. The third kappa shape index (κ3) is 7.67. The minimum Gasteiger partial charge on any atom is -0.491 e. The van der Waals surface area contributed by atoms with Gasteiger partial charge in [0.25, 0.3) is 5.91 Å². The van der Waals surface area contributed by atoms with Crippen molar-refractivity contribution in [3.05, 3.63) is 59.2 Å². The van der Waals surface area contributed by atoms with Crippen molar-refractivity contribution in [3.8, 4) is 5.75 Å². The first-order valence-corrected chi connectivity index (χ1v) is 24.0. The SMILES string of the molecule is CO[C@@]1(CN2CCN(C3CS(=O)(=O)C3)CC2)/C=C/C[C@H](C)[C@@H](C)S(=O)(=O)NC(=O)c2ccc3c(c2)N(C[C@@H]2CC[C@H]21)C[C@@]1(CCCC2C=C(Cl)C=CC21)CO3. The number of hydrogen-bond donors (Lipinski definition) is 1. The quantitative estimate of drug-likeness (QED) is 0.422. The number of sulfonamides is 1. The minimum absolute atomic E-state index is 0.118. The molecule has 8 atom stereocenters. The molecule has 4 heterocycles. The monoisotopic (exact) mass is 816 g/mol. The van der Waals surface area contributed by atoms with E-state index in [1.165, 1.54) is 0 Å². The predicted octanol–water partition coefficient (Wildman–Crippen LogP) is 4.85. The van der Waals surface area contributed by atoms with Crippen molar-refractivity contribution in [2.45, 2.75) is 69.3 Å². The van der Waals surface area contributed by atoms with E-state index in [-0.39, 0.29) is 40.7 Å². The van der Waals surface area contributed by atoms with Gasteiger partial charge in [-0.05, 0) is 92.9 Å². The Morgan fingerprint density at radius 3 is 2.55 bits per heavy atom. The van der Waals surface area contributed by atoms with Gasteiger partial charge in [0.05, 0.1) is 29.0 Å². The molecule has 1 spiro atoms. The first-order chi connectivity index (χ1) is 26.2. The molecule has 3 aliphatic carbocycles. The lowest BCUT2D eigenvalue weighted by Gasteiger charge is -2.53. The summed E-state index contributed by atoms with van der Waals surface area (Å²) in [7, 11) is -5.06. The summed E-state index contributed by atoms with van der Waals surface area (Å²) in [6.07, 6.45) is 16.6. The lowest BCUT2D eigenvalue weighted by atomic mass is 9.60. The summed E-state index contributed by atoms with van der Waals surface area (Å²) in [5.74, 6) is 1.43. The molecule has 2 unspecified atom stereocenters. The Bertz CT molecular complexity index is 1950. The van der Waals surface area contributed by atoms with Gasteiger partial charge in [-0.1, -0.05) is 49.2 Å². The summed E-state index contributed by atoms with van der Waals surface area (Å²) in [4.78, 5) is 20.9. The second-order valence-corrected chi connectivity index (χ2v) is 22.3. The number of rotatable bonds is 4. The van der Waals surface area contributed by atoms with E-state index in [9.17, 15) is 21.6 Å². The van der Waals surface area contributed by atoms with Crippen LogP contribution in [-0.4, -0.2) is 120 Å². The van der Waals surface area contributed by atoms with Crippen LogP contribution in [0.2, 0.25) is 0 Å². The summed E-state index contributed by atoms with van der Waals surface area (Å²) in [5.41, 5.74) is 0.334. The summed E-state index contributed by atoms with van der Waals surface area (Å²) in [6.45, 7) is 9.62. The van der Waals surface area contributed by atoms with Crippen LogP contribution < -0.4 is 14.4 Å². The number of carbonyl (C=O) groups excluding carboxylic acids is 1. The molecule has 1 aromatic carbocycles. The largest absolute Gasteiger partial charge is 0.491 e. The van der Waals surface area contributed by atoms with Gasteiger partial charge in [-0.25, -0.2) is 21.6 Å². The van der Waals surface area contributed by atoms with E-state index in [2.05, 4.69) is 43.7 Å². The average molecular weight is 818 g/mol. The predicted molar refractivity (Wildman–Crippen MR) is 216 cm³/mol. The van der Waals surface area contributed by atoms with Crippen molar-refractivity contribution >= 4 is 43.1 Å². The fourth-order valence-electron chi connectivity index (χ4n) is 10.7. The molecule has 2 saturated carbocycles. The molecule has 4 fully saturated rings. The molecule has 0 radical (unpaired) electrons. The zero-order valence-electron chi connectivity index (χ0n) is 32.4. The third-order valence-electron chi connectivity index (χ3n) is 14.4. The number of nitrogens with one attached hydrogen (secondary N) is 1. The van der Waals surface area contributed by atoms with Crippen molar-refractivity contribution in [1.29, 1.82) is 0 Å². The Kier molecular flexibility index (Phi) is 10.8. The highest BCUT2D eigenvalue weighted by atomic mass is 35.5. The number of sulfone groups is 1. The highest BCUT2D eigenvalue weighted by Crippen LogP contribution is 2.53. The first kappa shape index (κ1) is 39.4. The van der Waals surface area contributed by atoms with Gasteiger partial charge >= 0.3 is 0 Å². The van der Waals surface area contributed by atoms with Gasteiger partial charge in [0.1, 0.15) is 11.4 Å². The molecule has 302 valence electrons. The van der Waals surface area contributed by atoms with Crippen molar-refractivity contribution in [1.82, 2.24) is 14.5 Å². The van der Waals surface area contributed by atoms with Crippen LogP contribution in [0.3, 0.4) is 0 Å². The molecule has 4 aliphatic heterocycles. The van der Waals surface area contributed by atoms with E-state index in [0.717, 1.165) is 82.1 Å². The second-order valence-electron chi connectivity index (χ2n) is 17.6. The number of ether oxygens (including phenoxy) is 2. The van der Waals surface area contributed by atoms with Gasteiger partial charge in [0.15, 0.2) is 9.84 Å². The van der Waals surface area contributed by atoms with Crippen LogP contribution in [0.25, 0.3) is 0 Å². The van der Waals surface area contributed by atoms with Crippen LogP contribution in [0, 0.1) is 35.0 Å². The molecule has 2 bridgehead atoms. The van der Waals surface area contributed by atoms with E-state index in [1.807, 2.05) is 32.2 Å². The van der Waals surface area contributed by atoms with E-state index >= 15 is 0 Å². The second kappa shape index (κ2) is 15.1. The standard InChI is InChI=1S/C41H57ClN4O7S2/c1-28-6-4-15-41(52-3,26-44-16-18-45(19-17-44)34-23-54(48,49)24-34)36-11-8-32(36)22-46-25-40(14-5-7-30-20-33(42)10-12-35(30)40)27-53-38-13-9-31(21-37(38)46)39(47)43-55(50,51)29(28)2/h4,9-10,12-13,15,20-21,28-30,32,34-36H,5-8,11,14,16-19,22-27H2,1-3H3,(H,43,47)/b15-4+/t28-,29+,30?,32-,35?,36+,40-,41+/m0/s1. The van der Waals surface area contributed by atoms with Crippen LogP contribution in [-0.2, 0) is 24.6 Å². The van der Waals surface area contributed by atoms with Gasteiger partial charge < -0.3 is 14.4 Å². The number of hydrogen-bond acceptors (Lipinski definition) is 10. The molecule has 8 rings (SSSR count). The van der Waals surface area contributed by atoms with Crippen molar-refractivity contribution in [2.24, 2.45) is 35.0 Å². The molecule has 55 heavy (non-hydrogen) atoms. The van der Waals surface area contributed by atoms with Crippen molar-refractivity contribution in [2.75, 3.05) is 75.9 Å². The van der Waals surface area contributed by atoms with Crippen molar-refractivity contribution in [3.63, 3.8) is 0 Å². The number of anilines is 1. The van der Waals surface area contributed by atoms with Crippen LogP contribution >= 0.6 is 11.6 Å². The lowest BCUT2D eigenvalue weighted by molar-refractivity contribution is -0.0963. The Morgan fingerprint density at radius 2 is 1.84 bits per heavy atom. The Labute approximate surface area is 332 Å². The Hall–Kier alpha value is -2.42. The molecule has 2 saturated heterocycles. The maximum absolute atomic E-state index is 13.7. The summed E-state index contributed by atoms with van der Waals surface area (Å²) in [5, 5.41) is -0.0224. The fraction of sp³-hybridized carbons (Fsp3) is 0.683. The van der Waals surface area contributed by atoms with Gasteiger partial charge in [-0.2, -0.15) is 0 Å². The highest BCUT2D eigenvalue weighted by Gasteiger charge is 2.52. The molecule has 0 aromatic heterocycles. The average Bonchev–Trinajstić information content (AvgIpc) is 3.28. The summed E-state index contributed by atoms with van der Waals surface area (Å²) in [6, 6.07) is 5.47. The van der Waals surface area contributed by atoms with Gasteiger partial charge in [0, 0.05) is 75.0 Å². The Morgan fingerprint density at radius 1 is 1.05 bits per heavy atom.